The van der Waals surface area contributed by atoms with Crippen LogP contribution in [0.1, 0.15) is 33.1 Å². The number of rotatable bonds is 0. The van der Waals surface area contributed by atoms with Crippen molar-refractivity contribution in [1.29, 1.82) is 0 Å². The SMILES string of the molecule is CC1=C(O)CCCC1C.[Na]. The van der Waals surface area contributed by atoms with Crippen molar-refractivity contribution < 1.29 is 5.11 Å². The molecule has 53 valence electrons. The van der Waals surface area contributed by atoms with Crippen LogP contribution in [0.3, 0.4) is 0 Å². The van der Waals surface area contributed by atoms with Crippen LogP contribution in [0.15, 0.2) is 11.3 Å². The maximum atomic E-state index is 9.23. The van der Waals surface area contributed by atoms with E-state index in [-0.39, 0.29) is 29.6 Å². The van der Waals surface area contributed by atoms with Gasteiger partial charge in [0, 0.05) is 36.0 Å². The predicted molar refractivity (Wildman–Crippen MR) is 44.1 cm³/mol. The summed E-state index contributed by atoms with van der Waals surface area (Å²) in [6.07, 6.45) is 3.30. The fourth-order valence-electron chi connectivity index (χ4n) is 1.27. The molecule has 1 atom stereocenters. The van der Waals surface area contributed by atoms with Crippen LogP contribution in [0.4, 0.5) is 0 Å². The van der Waals surface area contributed by atoms with Gasteiger partial charge in [0.2, 0.25) is 0 Å². The zero-order valence-electron chi connectivity index (χ0n) is 7.15. The first-order valence-corrected chi connectivity index (χ1v) is 3.60. The van der Waals surface area contributed by atoms with Crippen LogP contribution >= 0.6 is 0 Å². The Morgan fingerprint density at radius 1 is 1.50 bits per heavy atom. The van der Waals surface area contributed by atoms with Crippen LogP contribution in [0, 0.1) is 5.92 Å². The van der Waals surface area contributed by atoms with E-state index >= 15 is 0 Å². The summed E-state index contributed by atoms with van der Waals surface area (Å²) >= 11 is 0. The van der Waals surface area contributed by atoms with Crippen molar-refractivity contribution in [1.82, 2.24) is 0 Å². The van der Waals surface area contributed by atoms with Gasteiger partial charge in [-0.25, -0.2) is 0 Å². The smallest absolute Gasteiger partial charge is 0.0914 e. The van der Waals surface area contributed by atoms with Crippen LogP contribution in [0.25, 0.3) is 0 Å². The van der Waals surface area contributed by atoms with E-state index in [0.717, 1.165) is 12.8 Å². The van der Waals surface area contributed by atoms with Crippen LogP contribution in [-0.4, -0.2) is 34.7 Å². The van der Waals surface area contributed by atoms with Gasteiger partial charge in [-0.2, -0.15) is 0 Å². The molecule has 2 heteroatoms. The van der Waals surface area contributed by atoms with Gasteiger partial charge < -0.3 is 5.11 Å². The zero-order chi connectivity index (χ0) is 6.85. The van der Waals surface area contributed by atoms with E-state index in [0.29, 0.717) is 11.7 Å². The Labute approximate surface area is 84.8 Å². The van der Waals surface area contributed by atoms with Gasteiger partial charge in [-0.3, -0.25) is 0 Å². The van der Waals surface area contributed by atoms with E-state index < -0.39 is 0 Å². The Morgan fingerprint density at radius 3 is 2.50 bits per heavy atom. The Balaban J connectivity index is 0.000000810. The molecular formula is C8H14NaO. The van der Waals surface area contributed by atoms with Gasteiger partial charge in [0.15, 0.2) is 0 Å². The minimum absolute atomic E-state index is 0. The molecule has 1 radical (unpaired) electrons. The molecule has 0 aromatic carbocycles. The molecule has 0 bridgehead atoms. The molecule has 0 saturated heterocycles. The van der Waals surface area contributed by atoms with Gasteiger partial charge >= 0.3 is 0 Å². The van der Waals surface area contributed by atoms with E-state index in [1.165, 1.54) is 12.0 Å². The third-order valence-electron chi connectivity index (χ3n) is 2.25. The van der Waals surface area contributed by atoms with Crippen molar-refractivity contribution >= 4 is 29.6 Å². The minimum atomic E-state index is 0. The molecule has 10 heavy (non-hydrogen) atoms. The molecule has 1 aliphatic carbocycles. The third-order valence-corrected chi connectivity index (χ3v) is 2.25. The average Bonchev–Trinajstić information content (AvgIpc) is 1.83. The van der Waals surface area contributed by atoms with E-state index in [2.05, 4.69) is 6.92 Å². The summed E-state index contributed by atoms with van der Waals surface area (Å²) in [5.41, 5.74) is 1.20. The topological polar surface area (TPSA) is 20.2 Å². The van der Waals surface area contributed by atoms with Gasteiger partial charge in [-0.05, 0) is 31.3 Å². The molecule has 0 saturated carbocycles. The van der Waals surface area contributed by atoms with E-state index in [4.69, 9.17) is 0 Å². The number of aliphatic hydroxyl groups excluding tert-OH is 1. The van der Waals surface area contributed by atoms with E-state index in [9.17, 15) is 5.11 Å². The molecule has 1 rings (SSSR count). The maximum absolute atomic E-state index is 9.23. The monoisotopic (exact) mass is 149 g/mol. The van der Waals surface area contributed by atoms with Crippen LogP contribution in [0.2, 0.25) is 0 Å². The van der Waals surface area contributed by atoms with E-state index in [1.807, 2.05) is 6.92 Å². The molecule has 0 aromatic rings. The average molecular weight is 149 g/mol. The second-order valence-corrected chi connectivity index (χ2v) is 2.92. The Morgan fingerprint density at radius 2 is 2.10 bits per heavy atom. The second kappa shape index (κ2) is 4.42. The quantitative estimate of drug-likeness (QED) is 0.524. The third kappa shape index (κ3) is 2.30. The van der Waals surface area contributed by atoms with Gasteiger partial charge in [0.25, 0.3) is 0 Å². The van der Waals surface area contributed by atoms with Crippen molar-refractivity contribution in [2.24, 2.45) is 5.92 Å². The van der Waals surface area contributed by atoms with E-state index in [1.54, 1.807) is 0 Å². The summed E-state index contributed by atoms with van der Waals surface area (Å²) in [7, 11) is 0. The molecule has 0 amide bonds. The Bertz CT molecular complexity index is 140. The largest absolute Gasteiger partial charge is 0.512 e. The van der Waals surface area contributed by atoms with Gasteiger partial charge in [-0.15, -0.1) is 0 Å². The van der Waals surface area contributed by atoms with Gasteiger partial charge in [-0.1, -0.05) is 6.92 Å². The van der Waals surface area contributed by atoms with Crippen molar-refractivity contribution in [2.75, 3.05) is 0 Å². The number of hydrogen-bond acceptors (Lipinski definition) is 1. The molecule has 1 aliphatic rings. The first-order valence-electron chi connectivity index (χ1n) is 3.60. The Hall–Kier alpha value is 0.540. The summed E-state index contributed by atoms with van der Waals surface area (Å²) in [5.74, 6) is 1.24. The number of allylic oxidation sites excluding steroid dienone is 2. The maximum Gasteiger partial charge on any atom is 0.0914 e. The van der Waals surface area contributed by atoms with Crippen LogP contribution in [-0.2, 0) is 0 Å². The van der Waals surface area contributed by atoms with Crippen molar-refractivity contribution in [3.8, 4) is 0 Å². The molecule has 1 N–H and O–H groups in total. The molecule has 0 aromatic heterocycles. The van der Waals surface area contributed by atoms with Gasteiger partial charge in [0.1, 0.15) is 0 Å². The van der Waals surface area contributed by atoms with Crippen molar-refractivity contribution in [3.63, 3.8) is 0 Å². The molecular weight excluding hydrogens is 135 g/mol. The summed E-state index contributed by atoms with van der Waals surface area (Å²) < 4.78 is 0. The zero-order valence-corrected chi connectivity index (χ0v) is 9.15. The standard InChI is InChI=1S/C8H14O.Na/c1-6-4-3-5-8(9)7(6)2;/h6,9H,3-5H2,1-2H3;. The van der Waals surface area contributed by atoms with Crippen molar-refractivity contribution in [2.45, 2.75) is 33.1 Å². The van der Waals surface area contributed by atoms with Gasteiger partial charge in [0.05, 0.1) is 5.76 Å². The summed E-state index contributed by atoms with van der Waals surface area (Å²) in [6, 6.07) is 0. The van der Waals surface area contributed by atoms with Crippen LogP contribution in [0.5, 0.6) is 0 Å². The Kier molecular flexibility index (Phi) is 4.66. The molecule has 0 aliphatic heterocycles. The predicted octanol–water partition coefficient (Wildman–Crippen LogP) is 2.26. The molecule has 0 fully saturated rings. The summed E-state index contributed by atoms with van der Waals surface area (Å²) in [4.78, 5) is 0. The first kappa shape index (κ1) is 10.5. The fraction of sp³-hybridized carbons (Fsp3) is 0.750. The van der Waals surface area contributed by atoms with Crippen molar-refractivity contribution in [3.05, 3.63) is 11.3 Å². The molecule has 0 heterocycles. The van der Waals surface area contributed by atoms with Crippen LogP contribution < -0.4 is 0 Å². The summed E-state index contributed by atoms with van der Waals surface area (Å²) in [5, 5.41) is 9.23. The second-order valence-electron chi connectivity index (χ2n) is 2.92. The fourth-order valence-corrected chi connectivity index (χ4v) is 1.27. The molecule has 1 nitrogen and oxygen atoms in total. The first-order chi connectivity index (χ1) is 4.22. The molecule has 0 spiro atoms. The minimum Gasteiger partial charge on any atom is -0.512 e. The molecule has 1 unspecified atom stereocenters. The summed E-state index contributed by atoms with van der Waals surface area (Å²) in [6.45, 7) is 4.20. The number of hydrogen-bond donors (Lipinski definition) is 1. The number of aliphatic hydroxyl groups is 1. The normalized spacial score (nSPS) is 26.0.